The third-order valence-corrected chi connectivity index (χ3v) is 9.17. The first-order valence-electron chi connectivity index (χ1n) is 14.7. The SMILES string of the molecule is C#Cc1c(F)ccc2cncc(-c3ncc4c(N(C)C[C@H]5CCCN5)nc(OC[C@@]56CCCN5C[C@H](F)C6)nc4c3F)c12. The van der Waals surface area contributed by atoms with E-state index in [9.17, 15) is 8.78 Å². The van der Waals surface area contributed by atoms with Crippen LogP contribution >= 0.6 is 0 Å². The molecule has 7 rings (SSSR count). The summed E-state index contributed by atoms with van der Waals surface area (Å²) in [5.41, 5.74) is -0.182. The van der Waals surface area contributed by atoms with Gasteiger partial charge in [0.05, 0.1) is 16.5 Å². The molecule has 0 amide bonds. The number of hydrogen-bond donors (Lipinski definition) is 1. The normalized spacial score (nSPS) is 23.6. The van der Waals surface area contributed by atoms with Gasteiger partial charge in [0.1, 0.15) is 35.6 Å². The zero-order chi connectivity index (χ0) is 29.7. The lowest BCUT2D eigenvalue weighted by atomic mass is 9.95. The number of halogens is 3. The van der Waals surface area contributed by atoms with Gasteiger partial charge in [0.2, 0.25) is 0 Å². The largest absolute Gasteiger partial charge is 0.461 e. The number of likely N-dealkylation sites (N-methyl/N-ethyl adjacent to an activating group) is 1. The second kappa shape index (κ2) is 10.9. The molecule has 0 unspecified atom stereocenters. The molecule has 3 aromatic heterocycles. The van der Waals surface area contributed by atoms with E-state index in [0.29, 0.717) is 41.5 Å². The Morgan fingerprint density at radius 2 is 2.09 bits per heavy atom. The van der Waals surface area contributed by atoms with Gasteiger partial charge in [-0.3, -0.25) is 14.9 Å². The summed E-state index contributed by atoms with van der Waals surface area (Å²) in [6, 6.07) is 3.10. The zero-order valence-corrected chi connectivity index (χ0v) is 23.9. The molecule has 0 aliphatic carbocycles. The molecule has 3 aliphatic rings. The number of alkyl halides is 1. The monoisotopic (exact) mass is 587 g/mol. The van der Waals surface area contributed by atoms with Crippen molar-refractivity contribution in [3.05, 3.63) is 47.9 Å². The standard InChI is InChI=1S/C32H32F3N7O/c1-3-22-25(34)8-7-19-13-36-14-23(26(19)22)28-27(35)29-24(15-38-28)30(41(2)17-21-6-4-10-37-21)40-31(39-29)43-18-32-9-5-11-42(32)16-20(33)12-32/h1,7-8,13-15,20-21,37H,4-6,9-12,16-18H2,2H3/t20-,21-,32+/m1/s1. The Morgan fingerprint density at radius 3 is 2.91 bits per heavy atom. The molecule has 8 nitrogen and oxygen atoms in total. The van der Waals surface area contributed by atoms with E-state index >= 15 is 4.39 Å². The molecule has 0 saturated carbocycles. The maximum Gasteiger partial charge on any atom is 0.319 e. The lowest BCUT2D eigenvalue weighted by molar-refractivity contribution is 0.107. The van der Waals surface area contributed by atoms with Gasteiger partial charge in [0.15, 0.2) is 5.82 Å². The van der Waals surface area contributed by atoms with Crippen LogP contribution in [0.15, 0.2) is 30.7 Å². The van der Waals surface area contributed by atoms with Crippen molar-refractivity contribution < 1.29 is 17.9 Å². The molecular formula is C32H32F3N7O. The number of aromatic nitrogens is 4. The van der Waals surface area contributed by atoms with Crippen LogP contribution in [0.1, 0.15) is 37.7 Å². The van der Waals surface area contributed by atoms with Crippen molar-refractivity contribution in [2.45, 2.75) is 49.9 Å². The van der Waals surface area contributed by atoms with Crippen LogP contribution in [0.3, 0.4) is 0 Å². The Kier molecular flexibility index (Phi) is 7.06. The number of hydrogen-bond acceptors (Lipinski definition) is 8. The van der Waals surface area contributed by atoms with Crippen molar-refractivity contribution in [1.82, 2.24) is 30.2 Å². The molecule has 3 aliphatic heterocycles. The van der Waals surface area contributed by atoms with Gasteiger partial charge in [-0.2, -0.15) is 9.97 Å². The quantitative estimate of drug-likeness (QED) is 0.314. The topological polar surface area (TPSA) is 79.3 Å². The van der Waals surface area contributed by atoms with Crippen LogP contribution in [-0.4, -0.2) is 82.4 Å². The van der Waals surface area contributed by atoms with Gasteiger partial charge in [0, 0.05) is 67.5 Å². The molecule has 11 heteroatoms. The number of ether oxygens (including phenoxy) is 1. The summed E-state index contributed by atoms with van der Waals surface area (Å²) >= 11 is 0. The highest BCUT2D eigenvalue weighted by Gasteiger charge is 2.49. The zero-order valence-electron chi connectivity index (χ0n) is 23.9. The minimum atomic E-state index is -0.903. The van der Waals surface area contributed by atoms with Crippen LogP contribution in [0, 0.1) is 24.0 Å². The summed E-state index contributed by atoms with van der Waals surface area (Å²) < 4.78 is 51.9. The van der Waals surface area contributed by atoms with E-state index in [1.165, 1.54) is 18.5 Å². The first-order valence-corrected chi connectivity index (χ1v) is 14.7. The van der Waals surface area contributed by atoms with Crippen molar-refractivity contribution in [3.63, 3.8) is 0 Å². The third-order valence-electron chi connectivity index (χ3n) is 9.17. The van der Waals surface area contributed by atoms with Crippen LogP contribution in [0.25, 0.3) is 32.9 Å². The van der Waals surface area contributed by atoms with Gasteiger partial charge >= 0.3 is 6.01 Å². The molecule has 43 heavy (non-hydrogen) atoms. The van der Waals surface area contributed by atoms with Crippen LogP contribution in [0.5, 0.6) is 6.01 Å². The van der Waals surface area contributed by atoms with Crippen molar-refractivity contribution in [1.29, 1.82) is 0 Å². The van der Waals surface area contributed by atoms with Crippen LogP contribution in [-0.2, 0) is 0 Å². The van der Waals surface area contributed by atoms with Gasteiger partial charge in [-0.15, -0.1) is 6.42 Å². The average Bonchev–Trinajstić information content (AvgIpc) is 3.72. The minimum absolute atomic E-state index is 0.00972. The van der Waals surface area contributed by atoms with E-state index in [2.05, 4.69) is 31.1 Å². The summed E-state index contributed by atoms with van der Waals surface area (Å²) in [6.07, 6.45) is 13.6. The number of rotatable bonds is 7. The fraction of sp³-hybridized carbons (Fsp3) is 0.438. The molecule has 3 saturated heterocycles. The molecule has 0 spiro atoms. The average molecular weight is 588 g/mol. The molecule has 1 N–H and O–H groups in total. The van der Waals surface area contributed by atoms with E-state index in [1.54, 1.807) is 12.3 Å². The van der Waals surface area contributed by atoms with E-state index in [0.717, 1.165) is 38.8 Å². The highest BCUT2D eigenvalue weighted by atomic mass is 19.1. The number of pyridine rings is 2. The van der Waals surface area contributed by atoms with Crippen molar-refractivity contribution >= 4 is 27.5 Å². The van der Waals surface area contributed by atoms with Crippen molar-refractivity contribution in [2.75, 3.05) is 44.7 Å². The van der Waals surface area contributed by atoms with Gasteiger partial charge < -0.3 is 15.0 Å². The number of fused-ring (bicyclic) bond motifs is 3. The van der Waals surface area contributed by atoms with Crippen LogP contribution in [0.2, 0.25) is 0 Å². The first-order chi connectivity index (χ1) is 20.9. The Bertz CT molecular complexity index is 1760. The molecule has 3 atom stereocenters. The third kappa shape index (κ3) is 4.82. The molecule has 222 valence electrons. The number of terminal acetylenes is 1. The van der Waals surface area contributed by atoms with Gasteiger partial charge in [-0.25, -0.2) is 13.2 Å². The van der Waals surface area contributed by atoms with Crippen molar-refractivity contribution in [2.24, 2.45) is 0 Å². The number of anilines is 1. The minimum Gasteiger partial charge on any atom is -0.461 e. The number of nitrogens with one attached hydrogen (secondary N) is 1. The lowest BCUT2D eigenvalue weighted by Gasteiger charge is -2.31. The molecule has 0 bridgehead atoms. The second-order valence-corrected chi connectivity index (χ2v) is 11.9. The van der Waals surface area contributed by atoms with E-state index in [1.807, 2.05) is 11.9 Å². The van der Waals surface area contributed by atoms with E-state index < -0.39 is 23.3 Å². The maximum absolute atomic E-state index is 16.6. The number of nitrogens with zero attached hydrogens (tertiary/aromatic N) is 6. The predicted molar refractivity (Wildman–Crippen MR) is 159 cm³/mol. The fourth-order valence-corrected chi connectivity index (χ4v) is 7.11. The molecule has 1 aromatic carbocycles. The van der Waals surface area contributed by atoms with Crippen LogP contribution < -0.4 is 15.0 Å². The van der Waals surface area contributed by atoms with Gasteiger partial charge in [-0.05, 0) is 50.9 Å². The van der Waals surface area contributed by atoms with E-state index in [-0.39, 0.29) is 41.0 Å². The Morgan fingerprint density at radius 1 is 1.21 bits per heavy atom. The highest BCUT2D eigenvalue weighted by Crippen LogP contribution is 2.41. The van der Waals surface area contributed by atoms with Crippen molar-refractivity contribution in [3.8, 4) is 29.6 Å². The van der Waals surface area contributed by atoms with Crippen LogP contribution in [0.4, 0.5) is 19.0 Å². The number of benzene rings is 1. The Labute approximate surface area is 247 Å². The summed E-state index contributed by atoms with van der Waals surface area (Å²) in [7, 11) is 1.90. The first kappa shape index (κ1) is 27.8. The Balaban J connectivity index is 1.34. The molecule has 0 radical (unpaired) electrons. The second-order valence-electron chi connectivity index (χ2n) is 11.9. The smallest absolute Gasteiger partial charge is 0.319 e. The molecule has 4 aromatic rings. The Hall–Kier alpha value is -4.01. The molecule has 3 fully saturated rings. The summed E-state index contributed by atoms with van der Waals surface area (Å²) in [5, 5.41) is 4.81. The highest BCUT2D eigenvalue weighted by molar-refractivity contribution is 6.01. The maximum atomic E-state index is 16.6. The predicted octanol–water partition coefficient (Wildman–Crippen LogP) is 4.64. The summed E-state index contributed by atoms with van der Waals surface area (Å²) in [4.78, 5) is 22.1. The molecule has 6 heterocycles. The summed E-state index contributed by atoms with van der Waals surface area (Å²) in [5.74, 6) is 1.57. The van der Waals surface area contributed by atoms with E-state index in [4.69, 9.17) is 16.1 Å². The van der Waals surface area contributed by atoms with Gasteiger partial charge in [0.25, 0.3) is 0 Å². The lowest BCUT2D eigenvalue weighted by Crippen LogP contribution is -2.43. The summed E-state index contributed by atoms with van der Waals surface area (Å²) in [6.45, 7) is 3.03. The van der Waals surface area contributed by atoms with Gasteiger partial charge in [-0.1, -0.05) is 5.92 Å². The fourth-order valence-electron chi connectivity index (χ4n) is 7.11. The molecular weight excluding hydrogens is 555 g/mol.